The largest absolute Gasteiger partial charge is 0.457 e. The molecule has 0 spiro atoms. The van der Waals surface area contributed by atoms with E-state index in [9.17, 15) is 0 Å². The Hall–Kier alpha value is -1.16. The van der Waals surface area contributed by atoms with Crippen LogP contribution in [0.15, 0.2) is 48.5 Å². The fraction of sp³-hybridized carbons (Fsp3) is 0.250. The second-order valence-corrected chi connectivity index (χ2v) is 5.78. The minimum Gasteiger partial charge on any atom is -0.457 e. The van der Waals surface area contributed by atoms with Gasteiger partial charge in [-0.25, -0.2) is 0 Å². The molecule has 0 fully saturated rings. The summed E-state index contributed by atoms with van der Waals surface area (Å²) in [6, 6.07) is 16.6. The molecule has 1 aliphatic rings. The van der Waals surface area contributed by atoms with Crippen LogP contribution in [-0.4, -0.2) is 12.3 Å². The van der Waals surface area contributed by atoms with E-state index in [1.807, 2.05) is 36.0 Å². The summed E-state index contributed by atoms with van der Waals surface area (Å²) in [7, 11) is 0. The molecule has 2 N–H and O–H groups in total. The van der Waals surface area contributed by atoms with Crippen LogP contribution in [0.25, 0.3) is 0 Å². The molecule has 1 aliphatic heterocycles. The van der Waals surface area contributed by atoms with Crippen molar-refractivity contribution in [3.8, 4) is 11.5 Å². The van der Waals surface area contributed by atoms with Crippen molar-refractivity contribution in [2.75, 3.05) is 12.3 Å². The Morgan fingerprint density at radius 1 is 0.950 bits per heavy atom. The molecule has 0 radical (unpaired) electrons. The van der Waals surface area contributed by atoms with Crippen LogP contribution in [0.3, 0.4) is 0 Å². The van der Waals surface area contributed by atoms with E-state index in [0.717, 1.165) is 30.2 Å². The van der Waals surface area contributed by atoms with Gasteiger partial charge in [-0.05, 0) is 30.9 Å². The van der Waals surface area contributed by atoms with E-state index in [4.69, 9.17) is 10.5 Å². The topological polar surface area (TPSA) is 35.2 Å². The highest BCUT2D eigenvalue weighted by molar-refractivity contribution is 7.99. The third-order valence-corrected chi connectivity index (χ3v) is 4.62. The molecule has 0 unspecified atom stereocenters. The van der Waals surface area contributed by atoms with Gasteiger partial charge in [0.2, 0.25) is 0 Å². The fourth-order valence-corrected chi connectivity index (χ4v) is 3.65. The van der Waals surface area contributed by atoms with Crippen LogP contribution in [0.4, 0.5) is 0 Å². The standard InChI is InChI=1S/C16H17NOS.ClH/c17-10-5-11-19-16-12-6-1-3-8-14(12)18-15-9-4-2-7-13(15)16;/h1-4,6-9,16H,5,10-11,17H2;1H. The van der Waals surface area contributed by atoms with Gasteiger partial charge in [0.15, 0.2) is 0 Å². The van der Waals surface area contributed by atoms with E-state index in [1.54, 1.807) is 0 Å². The number of benzene rings is 2. The van der Waals surface area contributed by atoms with Crippen LogP contribution in [0.5, 0.6) is 11.5 Å². The van der Waals surface area contributed by atoms with E-state index in [1.165, 1.54) is 11.1 Å². The van der Waals surface area contributed by atoms with E-state index in [-0.39, 0.29) is 12.4 Å². The van der Waals surface area contributed by atoms with Crippen molar-refractivity contribution in [2.45, 2.75) is 11.7 Å². The van der Waals surface area contributed by atoms with Crippen molar-refractivity contribution < 1.29 is 4.74 Å². The van der Waals surface area contributed by atoms with E-state index >= 15 is 0 Å². The molecule has 1 heterocycles. The van der Waals surface area contributed by atoms with Crippen LogP contribution in [0, 0.1) is 0 Å². The summed E-state index contributed by atoms with van der Waals surface area (Å²) >= 11 is 1.95. The second-order valence-electron chi connectivity index (χ2n) is 4.57. The van der Waals surface area contributed by atoms with E-state index in [2.05, 4.69) is 24.3 Å². The summed E-state index contributed by atoms with van der Waals surface area (Å²) in [5.41, 5.74) is 8.13. The van der Waals surface area contributed by atoms with Gasteiger partial charge in [-0.1, -0.05) is 36.4 Å². The molecular weight excluding hydrogens is 290 g/mol. The number of halogens is 1. The van der Waals surface area contributed by atoms with Crippen molar-refractivity contribution in [1.29, 1.82) is 0 Å². The molecule has 0 saturated heterocycles. The summed E-state index contributed by atoms with van der Waals surface area (Å²) < 4.78 is 5.98. The van der Waals surface area contributed by atoms with Gasteiger partial charge in [-0.2, -0.15) is 0 Å². The van der Waals surface area contributed by atoms with Crippen molar-refractivity contribution in [2.24, 2.45) is 5.73 Å². The molecule has 20 heavy (non-hydrogen) atoms. The zero-order valence-corrected chi connectivity index (χ0v) is 12.8. The molecule has 0 saturated carbocycles. The summed E-state index contributed by atoms with van der Waals surface area (Å²) in [5.74, 6) is 3.03. The molecule has 4 heteroatoms. The maximum Gasteiger partial charge on any atom is 0.132 e. The van der Waals surface area contributed by atoms with Crippen molar-refractivity contribution in [3.05, 3.63) is 59.7 Å². The van der Waals surface area contributed by atoms with Crippen molar-refractivity contribution in [3.63, 3.8) is 0 Å². The first-order valence-electron chi connectivity index (χ1n) is 6.57. The maximum atomic E-state index is 5.98. The molecular formula is C16H18ClNOS. The van der Waals surface area contributed by atoms with E-state index in [0.29, 0.717) is 5.25 Å². The third-order valence-electron chi connectivity index (χ3n) is 3.26. The summed E-state index contributed by atoms with van der Waals surface area (Å²) in [6.45, 7) is 0.750. The van der Waals surface area contributed by atoms with Crippen LogP contribution >= 0.6 is 24.2 Å². The second kappa shape index (κ2) is 7.02. The molecule has 2 aromatic carbocycles. The molecule has 0 amide bonds. The predicted molar refractivity (Wildman–Crippen MR) is 88.2 cm³/mol. The molecule has 0 aliphatic carbocycles. The number of hydrogen-bond acceptors (Lipinski definition) is 3. The zero-order valence-electron chi connectivity index (χ0n) is 11.1. The van der Waals surface area contributed by atoms with Gasteiger partial charge >= 0.3 is 0 Å². The van der Waals surface area contributed by atoms with Crippen LogP contribution in [-0.2, 0) is 0 Å². The summed E-state index contributed by atoms with van der Waals surface area (Å²) in [4.78, 5) is 0. The zero-order chi connectivity index (χ0) is 13.1. The molecule has 106 valence electrons. The lowest BCUT2D eigenvalue weighted by Gasteiger charge is -2.27. The number of ether oxygens (including phenoxy) is 1. The Bertz CT molecular complexity index is 530. The highest BCUT2D eigenvalue weighted by atomic mass is 35.5. The molecule has 3 rings (SSSR count). The quantitative estimate of drug-likeness (QED) is 0.851. The number of fused-ring (bicyclic) bond motifs is 2. The lowest BCUT2D eigenvalue weighted by Crippen LogP contribution is -2.09. The first-order valence-corrected chi connectivity index (χ1v) is 7.62. The highest BCUT2D eigenvalue weighted by Crippen LogP contribution is 2.49. The van der Waals surface area contributed by atoms with Crippen LogP contribution < -0.4 is 10.5 Å². The average Bonchev–Trinajstić information content (AvgIpc) is 2.46. The lowest BCUT2D eigenvalue weighted by molar-refractivity contribution is 0.459. The normalized spacial score (nSPS) is 12.8. The van der Waals surface area contributed by atoms with Crippen LogP contribution in [0.2, 0.25) is 0 Å². The van der Waals surface area contributed by atoms with Gasteiger partial charge in [-0.3, -0.25) is 0 Å². The smallest absolute Gasteiger partial charge is 0.132 e. The first kappa shape index (κ1) is 15.2. The average molecular weight is 308 g/mol. The number of para-hydroxylation sites is 2. The van der Waals surface area contributed by atoms with Gasteiger partial charge in [-0.15, -0.1) is 24.2 Å². The Kier molecular flexibility index (Phi) is 5.35. The summed E-state index contributed by atoms with van der Waals surface area (Å²) in [6.07, 6.45) is 1.05. The Morgan fingerprint density at radius 2 is 1.50 bits per heavy atom. The van der Waals surface area contributed by atoms with E-state index < -0.39 is 0 Å². The van der Waals surface area contributed by atoms with Crippen LogP contribution in [0.1, 0.15) is 22.8 Å². The van der Waals surface area contributed by atoms with Gasteiger partial charge in [0.05, 0.1) is 5.25 Å². The Balaban J connectivity index is 0.00000147. The molecule has 2 nitrogen and oxygen atoms in total. The number of rotatable bonds is 4. The van der Waals surface area contributed by atoms with Crippen molar-refractivity contribution >= 4 is 24.2 Å². The predicted octanol–water partition coefficient (Wildman–Crippen LogP) is 4.39. The number of hydrogen-bond donors (Lipinski definition) is 1. The van der Waals surface area contributed by atoms with Crippen molar-refractivity contribution in [1.82, 2.24) is 0 Å². The van der Waals surface area contributed by atoms with Gasteiger partial charge < -0.3 is 10.5 Å². The lowest BCUT2D eigenvalue weighted by atomic mass is 10.00. The minimum absolute atomic E-state index is 0. The number of nitrogens with two attached hydrogens (primary N) is 1. The monoisotopic (exact) mass is 307 g/mol. The Labute approximate surface area is 130 Å². The minimum atomic E-state index is 0. The molecule has 0 aromatic heterocycles. The first-order chi connectivity index (χ1) is 9.40. The molecule has 2 aromatic rings. The maximum absolute atomic E-state index is 5.98. The van der Waals surface area contributed by atoms with Gasteiger partial charge in [0.1, 0.15) is 11.5 Å². The molecule has 0 atom stereocenters. The highest BCUT2D eigenvalue weighted by Gasteiger charge is 2.26. The van der Waals surface area contributed by atoms with Gasteiger partial charge in [0, 0.05) is 11.1 Å². The SMILES string of the molecule is Cl.NCCCSC1c2ccccc2Oc2ccccc21. The molecule has 0 bridgehead atoms. The Morgan fingerprint density at radius 3 is 2.05 bits per heavy atom. The third kappa shape index (κ3) is 2.95. The number of thioether (sulfide) groups is 1. The summed E-state index contributed by atoms with van der Waals surface area (Å²) in [5, 5.41) is 0.354. The van der Waals surface area contributed by atoms with Gasteiger partial charge in [0.25, 0.3) is 0 Å². The fourth-order valence-electron chi connectivity index (χ4n) is 2.33.